The summed E-state index contributed by atoms with van der Waals surface area (Å²) in [5, 5.41) is 8.71. The quantitative estimate of drug-likeness (QED) is 0.590. The third kappa shape index (κ3) is 2.77. The van der Waals surface area contributed by atoms with Crippen molar-refractivity contribution < 1.29 is 5.11 Å². The average Bonchev–Trinajstić information content (AvgIpc) is 2.35. The van der Waals surface area contributed by atoms with Crippen molar-refractivity contribution in [1.29, 1.82) is 0 Å². The van der Waals surface area contributed by atoms with Crippen LogP contribution in [0.5, 0.6) is 0 Å². The molecular weight excluding hydrogens is 140 g/mol. The van der Waals surface area contributed by atoms with Crippen molar-refractivity contribution in [3.63, 3.8) is 0 Å². The highest BCUT2D eigenvalue weighted by molar-refractivity contribution is 4.75. The highest BCUT2D eigenvalue weighted by atomic mass is 16.3. The molecule has 1 aliphatic rings. The molecule has 0 aromatic carbocycles. The van der Waals surface area contributed by atoms with Gasteiger partial charge in [0.25, 0.3) is 0 Å². The number of nitrogens with zero attached hydrogens (tertiary/aromatic N) is 1. The Labute approximate surface area is 68.2 Å². The van der Waals surface area contributed by atoms with Gasteiger partial charge in [0.1, 0.15) is 0 Å². The van der Waals surface area contributed by atoms with Gasteiger partial charge >= 0.3 is 0 Å². The van der Waals surface area contributed by atoms with E-state index >= 15 is 0 Å². The van der Waals surface area contributed by atoms with E-state index in [4.69, 9.17) is 10.8 Å². The van der Waals surface area contributed by atoms with Crippen LogP contribution in [0.15, 0.2) is 0 Å². The summed E-state index contributed by atoms with van der Waals surface area (Å²) in [6.07, 6.45) is 1.28. The molecule has 3 heteroatoms. The molecule has 0 aliphatic carbocycles. The molecule has 11 heavy (non-hydrogen) atoms. The van der Waals surface area contributed by atoms with Gasteiger partial charge in [0, 0.05) is 19.1 Å². The highest BCUT2D eigenvalue weighted by Crippen LogP contribution is 2.14. The molecule has 3 nitrogen and oxygen atoms in total. The smallest absolute Gasteiger partial charge is 0.0595 e. The number of hydrogen-bond acceptors (Lipinski definition) is 3. The molecule has 0 aromatic rings. The van der Waals surface area contributed by atoms with E-state index in [0.717, 1.165) is 25.6 Å². The first kappa shape index (κ1) is 8.97. The first-order valence-corrected chi connectivity index (χ1v) is 4.31. The SMILES string of the molecule is CC1CCN(CC(N)CO)C1. The summed E-state index contributed by atoms with van der Waals surface area (Å²) in [7, 11) is 0. The molecule has 0 aromatic heterocycles. The third-order valence-electron chi connectivity index (χ3n) is 2.24. The van der Waals surface area contributed by atoms with Crippen LogP contribution in [0.2, 0.25) is 0 Å². The fourth-order valence-corrected chi connectivity index (χ4v) is 1.58. The van der Waals surface area contributed by atoms with Crippen molar-refractivity contribution in [3.05, 3.63) is 0 Å². The largest absolute Gasteiger partial charge is 0.395 e. The number of rotatable bonds is 3. The van der Waals surface area contributed by atoms with Crippen LogP contribution < -0.4 is 5.73 Å². The minimum atomic E-state index is -0.0553. The van der Waals surface area contributed by atoms with Gasteiger partial charge in [0.15, 0.2) is 0 Å². The molecule has 0 amide bonds. The van der Waals surface area contributed by atoms with Crippen LogP contribution in [-0.2, 0) is 0 Å². The minimum Gasteiger partial charge on any atom is -0.395 e. The van der Waals surface area contributed by atoms with Crippen molar-refractivity contribution in [1.82, 2.24) is 4.90 Å². The lowest BCUT2D eigenvalue weighted by Crippen LogP contribution is -2.38. The maximum absolute atomic E-state index is 8.71. The average molecular weight is 158 g/mol. The molecule has 0 bridgehead atoms. The van der Waals surface area contributed by atoms with E-state index in [-0.39, 0.29) is 12.6 Å². The van der Waals surface area contributed by atoms with Crippen LogP contribution in [0.1, 0.15) is 13.3 Å². The summed E-state index contributed by atoms with van der Waals surface area (Å²) in [6, 6.07) is -0.0553. The molecule has 1 fully saturated rings. The molecule has 1 aliphatic heterocycles. The molecule has 3 N–H and O–H groups in total. The van der Waals surface area contributed by atoms with Gasteiger partial charge in [-0.15, -0.1) is 0 Å². The second kappa shape index (κ2) is 4.04. The Bertz CT molecular complexity index is 119. The van der Waals surface area contributed by atoms with Crippen molar-refractivity contribution in [2.45, 2.75) is 19.4 Å². The molecule has 2 atom stereocenters. The van der Waals surface area contributed by atoms with Crippen molar-refractivity contribution >= 4 is 0 Å². The maximum Gasteiger partial charge on any atom is 0.0595 e. The normalized spacial score (nSPS) is 29.2. The highest BCUT2D eigenvalue weighted by Gasteiger charge is 2.19. The summed E-state index contributed by atoms with van der Waals surface area (Å²) in [6.45, 7) is 5.50. The zero-order chi connectivity index (χ0) is 8.27. The molecular formula is C8H18N2O. The van der Waals surface area contributed by atoms with Gasteiger partial charge in [-0.05, 0) is 18.9 Å². The lowest BCUT2D eigenvalue weighted by molar-refractivity contribution is 0.219. The molecule has 0 spiro atoms. The lowest BCUT2D eigenvalue weighted by Gasteiger charge is -2.18. The first-order valence-electron chi connectivity index (χ1n) is 4.31. The third-order valence-corrected chi connectivity index (χ3v) is 2.24. The summed E-state index contributed by atoms with van der Waals surface area (Å²) in [4.78, 5) is 2.32. The second-order valence-electron chi connectivity index (χ2n) is 3.60. The monoisotopic (exact) mass is 158 g/mol. The molecule has 1 rings (SSSR count). The topological polar surface area (TPSA) is 49.5 Å². The van der Waals surface area contributed by atoms with Gasteiger partial charge < -0.3 is 15.7 Å². The Morgan fingerprint density at radius 1 is 1.73 bits per heavy atom. The lowest BCUT2D eigenvalue weighted by atomic mass is 10.2. The van der Waals surface area contributed by atoms with E-state index in [0.29, 0.717) is 0 Å². The number of aliphatic hydroxyl groups excluding tert-OH is 1. The summed E-state index contributed by atoms with van der Waals surface area (Å²) >= 11 is 0. The van der Waals surface area contributed by atoms with Gasteiger partial charge in [-0.2, -0.15) is 0 Å². The van der Waals surface area contributed by atoms with E-state index in [1.165, 1.54) is 6.42 Å². The van der Waals surface area contributed by atoms with Crippen molar-refractivity contribution in [3.8, 4) is 0 Å². The van der Waals surface area contributed by atoms with Gasteiger partial charge in [-0.25, -0.2) is 0 Å². The Kier molecular flexibility index (Phi) is 3.30. The molecule has 66 valence electrons. The van der Waals surface area contributed by atoms with E-state index in [9.17, 15) is 0 Å². The summed E-state index contributed by atoms with van der Waals surface area (Å²) in [5.74, 6) is 0.806. The molecule has 1 saturated heterocycles. The fourth-order valence-electron chi connectivity index (χ4n) is 1.58. The standard InChI is InChI=1S/C8H18N2O/c1-7-2-3-10(4-7)5-8(9)6-11/h7-8,11H,2-6,9H2,1H3. The number of aliphatic hydroxyl groups is 1. The predicted molar refractivity (Wildman–Crippen MR) is 45.3 cm³/mol. The minimum absolute atomic E-state index is 0.0553. The van der Waals surface area contributed by atoms with Gasteiger partial charge in [0.05, 0.1) is 6.61 Å². The zero-order valence-corrected chi connectivity index (χ0v) is 7.16. The Balaban J connectivity index is 2.17. The Morgan fingerprint density at radius 2 is 2.45 bits per heavy atom. The fraction of sp³-hybridized carbons (Fsp3) is 1.00. The van der Waals surface area contributed by atoms with Crippen molar-refractivity contribution in [2.24, 2.45) is 11.7 Å². The van der Waals surface area contributed by atoms with Gasteiger partial charge in [-0.1, -0.05) is 6.92 Å². The van der Waals surface area contributed by atoms with Crippen LogP contribution in [0, 0.1) is 5.92 Å². The molecule has 1 heterocycles. The van der Waals surface area contributed by atoms with E-state index in [2.05, 4.69) is 11.8 Å². The second-order valence-corrected chi connectivity index (χ2v) is 3.60. The Morgan fingerprint density at radius 3 is 2.91 bits per heavy atom. The van der Waals surface area contributed by atoms with Crippen LogP contribution in [0.4, 0.5) is 0 Å². The van der Waals surface area contributed by atoms with E-state index in [1.54, 1.807) is 0 Å². The van der Waals surface area contributed by atoms with Crippen molar-refractivity contribution in [2.75, 3.05) is 26.2 Å². The summed E-state index contributed by atoms with van der Waals surface area (Å²) in [5.41, 5.74) is 5.61. The number of hydrogen-bond donors (Lipinski definition) is 2. The number of nitrogens with two attached hydrogens (primary N) is 1. The molecule has 0 radical (unpaired) electrons. The van der Waals surface area contributed by atoms with Crippen LogP contribution in [0.3, 0.4) is 0 Å². The number of likely N-dealkylation sites (tertiary alicyclic amines) is 1. The Hall–Kier alpha value is -0.120. The van der Waals surface area contributed by atoms with Crippen LogP contribution in [0.25, 0.3) is 0 Å². The predicted octanol–water partition coefficient (Wildman–Crippen LogP) is -0.352. The van der Waals surface area contributed by atoms with Gasteiger partial charge in [0.2, 0.25) is 0 Å². The summed E-state index contributed by atoms with van der Waals surface area (Å²) < 4.78 is 0. The van der Waals surface area contributed by atoms with Crippen LogP contribution >= 0.6 is 0 Å². The first-order chi connectivity index (χ1) is 5.22. The van der Waals surface area contributed by atoms with Gasteiger partial charge in [-0.3, -0.25) is 0 Å². The molecule has 2 unspecified atom stereocenters. The maximum atomic E-state index is 8.71. The zero-order valence-electron chi connectivity index (χ0n) is 7.16. The molecule has 0 saturated carbocycles. The van der Waals surface area contributed by atoms with Crippen LogP contribution in [-0.4, -0.2) is 42.3 Å². The van der Waals surface area contributed by atoms with E-state index < -0.39 is 0 Å². The van der Waals surface area contributed by atoms with E-state index in [1.807, 2.05) is 0 Å².